The highest BCUT2D eigenvalue weighted by Gasteiger charge is 1.99. The second-order valence-electron chi connectivity index (χ2n) is 4.23. The molecule has 0 saturated heterocycles. The molecule has 1 heterocycles. The third-order valence-electron chi connectivity index (χ3n) is 2.66. The lowest BCUT2D eigenvalue weighted by Gasteiger charge is -2.08. The van der Waals surface area contributed by atoms with E-state index in [0.717, 1.165) is 18.7 Å². The maximum atomic E-state index is 5.86. The molecule has 0 aliphatic rings. The van der Waals surface area contributed by atoms with Crippen molar-refractivity contribution in [3.8, 4) is 5.75 Å². The van der Waals surface area contributed by atoms with E-state index in [1.165, 1.54) is 5.56 Å². The molecule has 1 N–H and O–H groups in total. The molecule has 19 heavy (non-hydrogen) atoms. The minimum absolute atomic E-state index is 0.516. The molecule has 0 unspecified atom stereocenters. The van der Waals surface area contributed by atoms with Gasteiger partial charge in [0, 0.05) is 18.8 Å². The fraction of sp³-hybridized carbons (Fsp3) is 0.267. The van der Waals surface area contributed by atoms with Gasteiger partial charge in [-0.15, -0.1) is 0 Å². The summed E-state index contributed by atoms with van der Waals surface area (Å²) in [6.45, 7) is 4.46. The molecule has 0 radical (unpaired) electrons. The molecule has 2 aromatic rings. The zero-order valence-electron chi connectivity index (χ0n) is 10.9. The predicted octanol–water partition coefficient (Wildman–Crippen LogP) is 3.42. The summed E-state index contributed by atoms with van der Waals surface area (Å²) in [6, 6.07) is 10.1. The summed E-state index contributed by atoms with van der Waals surface area (Å²) in [6.07, 6.45) is 3.25. The van der Waals surface area contributed by atoms with E-state index in [2.05, 4.69) is 29.4 Å². The van der Waals surface area contributed by atoms with Gasteiger partial charge in [0.05, 0.1) is 11.2 Å². The fourth-order valence-electron chi connectivity index (χ4n) is 1.74. The van der Waals surface area contributed by atoms with E-state index in [0.29, 0.717) is 17.4 Å². The topological polar surface area (TPSA) is 34.1 Å². The summed E-state index contributed by atoms with van der Waals surface area (Å²) in [5, 5.41) is 3.89. The highest BCUT2D eigenvalue weighted by Crippen LogP contribution is 2.17. The summed E-state index contributed by atoms with van der Waals surface area (Å²) in [5.74, 6) is 0.685. The Hall–Kier alpha value is -1.58. The van der Waals surface area contributed by atoms with Crippen LogP contribution in [0.3, 0.4) is 0 Å². The molecule has 0 saturated carbocycles. The normalized spacial score (nSPS) is 10.4. The molecule has 3 nitrogen and oxygen atoms in total. The van der Waals surface area contributed by atoms with E-state index < -0.39 is 0 Å². The average molecular weight is 277 g/mol. The molecule has 2 rings (SSSR count). The van der Waals surface area contributed by atoms with Crippen LogP contribution in [0.2, 0.25) is 5.02 Å². The quantitative estimate of drug-likeness (QED) is 0.878. The van der Waals surface area contributed by atoms with E-state index >= 15 is 0 Å². The molecule has 0 bridgehead atoms. The van der Waals surface area contributed by atoms with Crippen molar-refractivity contribution in [2.24, 2.45) is 0 Å². The smallest absolute Gasteiger partial charge is 0.139 e. The van der Waals surface area contributed by atoms with Gasteiger partial charge in [0.25, 0.3) is 0 Å². The number of nitrogens with zero attached hydrogens (tertiary/aromatic N) is 1. The van der Waals surface area contributed by atoms with Crippen LogP contribution >= 0.6 is 11.6 Å². The van der Waals surface area contributed by atoms with E-state index in [1.807, 2.05) is 12.1 Å². The van der Waals surface area contributed by atoms with Gasteiger partial charge >= 0.3 is 0 Å². The van der Waals surface area contributed by atoms with Crippen molar-refractivity contribution in [1.29, 1.82) is 0 Å². The van der Waals surface area contributed by atoms with Crippen molar-refractivity contribution in [2.45, 2.75) is 20.1 Å². The molecule has 0 spiro atoms. The fourth-order valence-corrected chi connectivity index (χ4v) is 1.90. The van der Waals surface area contributed by atoms with Crippen molar-refractivity contribution < 1.29 is 4.74 Å². The average Bonchev–Trinajstić information content (AvgIpc) is 2.43. The zero-order valence-corrected chi connectivity index (χ0v) is 11.7. The van der Waals surface area contributed by atoms with E-state index in [9.17, 15) is 0 Å². The number of hydrogen-bond acceptors (Lipinski definition) is 3. The van der Waals surface area contributed by atoms with Crippen LogP contribution in [0.5, 0.6) is 5.75 Å². The monoisotopic (exact) mass is 276 g/mol. The van der Waals surface area contributed by atoms with E-state index in [-0.39, 0.29) is 0 Å². The van der Waals surface area contributed by atoms with Gasteiger partial charge in [0.1, 0.15) is 12.4 Å². The molecule has 100 valence electrons. The minimum Gasteiger partial charge on any atom is -0.487 e. The molecule has 0 amide bonds. The SMILES string of the molecule is CCNCc1cccc(COc2cncc(Cl)c2)c1. The lowest BCUT2D eigenvalue weighted by Crippen LogP contribution is -2.11. The number of hydrogen-bond donors (Lipinski definition) is 1. The first-order valence-corrected chi connectivity index (χ1v) is 6.67. The number of rotatable bonds is 6. The number of benzene rings is 1. The molecule has 0 fully saturated rings. The summed E-state index contributed by atoms with van der Waals surface area (Å²) >= 11 is 5.86. The van der Waals surface area contributed by atoms with Gasteiger partial charge in [0.2, 0.25) is 0 Å². The summed E-state index contributed by atoms with van der Waals surface area (Å²) in [5.41, 5.74) is 2.39. The molecular weight excluding hydrogens is 260 g/mol. The predicted molar refractivity (Wildman–Crippen MR) is 77.4 cm³/mol. The largest absolute Gasteiger partial charge is 0.487 e. The Kier molecular flexibility index (Phi) is 5.19. The Morgan fingerprint density at radius 3 is 2.84 bits per heavy atom. The maximum absolute atomic E-state index is 5.86. The van der Waals surface area contributed by atoms with E-state index in [1.54, 1.807) is 18.5 Å². The third-order valence-corrected chi connectivity index (χ3v) is 2.86. The third kappa shape index (κ3) is 4.54. The highest BCUT2D eigenvalue weighted by atomic mass is 35.5. The number of pyridine rings is 1. The lowest BCUT2D eigenvalue weighted by molar-refractivity contribution is 0.305. The molecule has 1 aromatic carbocycles. The Balaban J connectivity index is 1.95. The van der Waals surface area contributed by atoms with Gasteiger partial charge in [-0.1, -0.05) is 42.8 Å². The van der Waals surface area contributed by atoms with Gasteiger partial charge in [-0.05, 0) is 17.7 Å². The van der Waals surface area contributed by atoms with Gasteiger partial charge in [-0.3, -0.25) is 4.98 Å². The number of aromatic nitrogens is 1. The van der Waals surface area contributed by atoms with Crippen molar-refractivity contribution >= 4 is 11.6 Å². The van der Waals surface area contributed by atoms with Crippen LogP contribution < -0.4 is 10.1 Å². The summed E-state index contributed by atoms with van der Waals surface area (Å²) in [7, 11) is 0. The Bertz CT molecular complexity index is 531. The van der Waals surface area contributed by atoms with Gasteiger partial charge in [-0.2, -0.15) is 0 Å². The number of ether oxygens (including phenoxy) is 1. The molecule has 0 aliphatic heterocycles. The second kappa shape index (κ2) is 7.12. The Morgan fingerprint density at radius 1 is 1.21 bits per heavy atom. The van der Waals surface area contributed by atoms with E-state index in [4.69, 9.17) is 16.3 Å². The van der Waals surface area contributed by atoms with Crippen LogP contribution in [0, 0.1) is 0 Å². The Labute approximate surface area is 118 Å². The highest BCUT2D eigenvalue weighted by molar-refractivity contribution is 6.30. The van der Waals surface area contributed by atoms with Crippen LogP contribution in [-0.2, 0) is 13.2 Å². The molecule has 1 aromatic heterocycles. The molecule has 4 heteroatoms. The van der Waals surface area contributed by atoms with Crippen LogP contribution in [0.25, 0.3) is 0 Å². The van der Waals surface area contributed by atoms with Crippen molar-refractivity contribution in [1.82, 2.24) is 10.3 Å². The van der Waals surface area contributed by atoms with Crippen molar-refractivity contribution in [3.05, 3.63) is 58.9 Å². The first-order chi connectivity index (χ1) is 9.28. The number of halogens is 1. The lowest BCUT2D eigenvalue weighted by atomic mass is 10.1. The van der Waals surface area contributed by atoms with Crippen LogP contribution in [0.4, 0.5) is 0 Å². The first kappa shape index (κ1) is 13.8. The summed E-state index contributed by atoms with van der Waals surface area (Å²) < 4.78 is 5.66. The molecular formula is C15H17ClN2O. The maximum Gasteiger partial charge on any atom is 0.139 e. The van der Waals surface area contributed by atoms with Gasteiger partial charge in [-0.25, -0.2) is 0 Å². The van der Waals surface area contributed by atoms with Gasteiger partial charge in [0.15, 0.2) is 0 Å². The second-order valence-corrected chi connectivity index (χ2v) is 4.66. The van der Waals surface area contributed by atoms with Crippen LogP contribution in [0.1, 0.15) is 18.1 Å². The number of nitrogens with one attached hydrogen (secondary N) is 1. The van der Waals surface area contributed by atoms with Crippen molar-refractivity contribution in [2.75, 3.05) is 6.54 Å². The standard InChI is InChI=1S/C15H17ClN2O/c1-2-17-8-12-4-3-5-13(6-12)11-19-15-7-14(16)9-18-10-15/h3-7,9-10,17H,2,8,11H2,1H3. The van der Waals surface area contributed by atoms with Crippen LogP contribution in [0.15, 0.2) is 42.7 Å². The molecule has 0 aliphatic carbocycles. The van der Waals surface area contributed by atoms with Crippen LogP contribution in [-0.4, -0.2) is 11.5 Å². The van der Waals surface area contributed by atoms with Crippen molar-refractivity contribution in [3.63, 3.8) is 0 Å². The molecule has 0 atom stereocenters. The zero-order chi connectivity index (χ0) is 13.5. The summed E-state index contributed by atoms with van der Waals surface area (Å²) in [4.78, 5) is 3.99. The Morgan fingerprint density at radius 2 is 2.05 bits per heavy atom. The minimum atomic E-state index is 0.516. The first-order valence-electron chi connectivity index (χ1n) is 6.30. The van der Waals surface area contributed by atoms with Gasteiger partial charge < -0.3 is 10.1 Å².